The molecular weight excluding hydrogens is 494 g/mol. The second-order valence-corrected chi connectivity index (χ2v) is 7.95. The van der Waals surface area contributed by atoms with E-state index in [1.165, 1.54) is 6.20 Å². The molecule has 0 radical (unpaired) electrons. The van der Waals surface area contributed by atoms with Crippen molar-refractivity contribution in [2.45, 2.75) is 12.6 Å². The summed E-state index contributed by atoms with van der Waals surface area (Å²) >= 11 is 12.4. The number of pyridine rings is 1. The van der Waals surface area contributed by atoms with Crippen LogP contribution < -0.4 is 16.4 Å². The molecule has 4 N–H and O–H groups in total. The second-order valence-electron chi connectivity index (χ2n) is 6.05. The summed E-state index contributed by atoms with van der Waals surface area (Å²) in [7, 11) is 0. The Bertz CT molecular complexity index is 1170. The van der Waals surface area contributed by atoms with Crippen LogP contribution in [-0.2, 0) is 12.6 Å². The van der Waals surface area contributed by atoms with Gasteiger partial charge in [-0.1, -0.05) is 23.2 Å². The summed E-state index contributed by atoms with van der Waals surface area (Å²) in [6, 6.07) is 0.642. The van der Waals surface area contributed by atoms with Gasteiger partial charge in [-0.05, 0) is 6.07 Å². The van der Waals surface area contributed by atoms with E-state index in [0.717, 1.165) is 23.9 Å². The Morgan fingerprint density at radius 3 is 2.56 bits per heavy atom. The molecule has 15 heteroatoms. The number of carbonyl (C=O) groups excluding carboxylic acids is 2. The molecule has 2 amide bonds. The molecule has 0 spiro atoms. The average Bonchev–Trinajstić information content (AvgIpc) is 3.19. The van der Waals surface area contributed by atoms with Gasteiger partial charge in [-0.15, -0.1) is 11.3 Å². The van der Waals surface area contributed by atoms with Crippen molar-refractivity contribution in [3.63, 3.8) is 0 Å². The lowest BCUT2D eigenvalue weighted by Crippen LogP contribution is -2.27. The van der Waals surface area contributed by atoms with Crippen LogP contribution in [0, 0.1) is 0 Å². The van der Waals surface area contributed by atoms with Crippen LogP contribution in [0.3, 0.4) is 0 Å². The minimum Gasteiger partial charge on any atom is -0.382 e. The van der Waals surface area contributed by atoms with Crippen LogP contribution in [0.25, 0.3) is 0 Å². The number of thiazole rings is 1. The summed E-state index contributed by atoms with van der Waals surface area (Å²) in [6.45, 7) is 0.154. The van der Waals surface area contributed by atoms with Gasteiger partial charge in [0.25, 0.3) is 11.8 Å². The molecule has 0 aliphatic carbocycles. The highest BCUT2D eigenvalue weighted by Gasteiger charge is 2.34. The number of nitrogens with one attached hydrogen (secondary N) is 2. The molecule has 9 nitrogen and oxygen atoms in total. The van der Waals surface area contributed by atoms with Gasteiger partial charge in [-0.25, -0.2) is 19.9 Å². The first-order valence-electron chi connectivity index (χ1n) is 8.59. The standard InChI is InChI=1S/C17H12Cl2F3N7O2S/c18-8-4-25-10(3-7(8)17(20,21)22)29-15(30)9-5-26-11(32-9)1-2-24-16(31)13-12(19)14(23)28-6-27-13/h3-6H,1-2H2,(H,24,31)(H2,23,27,28)(H,25,29,30). The van der Waals surface area contributed by atoms with Crippen molar-refractivity contribution in [1.29, 1.82) is 0 Å². The first-order valence-corrected chi connectivity index (χ1v) is 10.2. The number of anilines is 2. The third-order valence-electron chi connectivity index (χ3n) is 3.84. The molecule has 0 saturated carbocycles. The Morgan fingerprint density at radius 1 is 1.09 bits per heavy atom. The Balaban J connectivity index is 1.58. The highest BCUT2D eigenvalue weighted by molar-refractivity contribution is 7.13. The van der Waals surface area contributed by atoms with Gasteiger partial charge in [0.05, 0.1) is 21.8 Å². The van der Waals surface area contributed by atoms with Crippen molar-refractivity contribution in [1.82, 2.24) is 25.3 Å². The fourth-order valence-electron chi connectivity index (χ4n) is 2.34. The molecule has 3 rings (SSSR count). The molecule has 0 saturated heterocycles. The van der Waals surface area contributed by atoms with Crippen molar-refractivity contribution in [2.24, 2.45) is 0 Å². The van der Waals surface area contributed by atoms with E-state index in [0.29, 0.717) is 11.1 Å². The predicted molar refractivity (Wildman–Crippen MR) is 112 cm³/mol. The molecule has 3 heterocycles. The molecule has 0 aliphatic rings. The molecule has 0 aliphatic heterocycles. The molecule has 32 heavy (non-hydrogen) atoms. The van der Waals surface area contributed by atoms with E-state index in [4.69, 9.17) is 28.9 Å². The number of rotatable bonds is 6. The van der Waals surface area contributed by atoms with Crippen LogP contribution in [0.15, 0.2) is 24.8 Å². The third-order valence-corrected chi connectivity index (χ3v) is 5.57. The number of aromatic nitrogens is 4. The largest absolute Gasteiger partial charge is 0.418 e. The molecule has 0 aromatic carbocycles. The number of halogens is 5. The average molecular weight is 506 g/mol. The van der Waals surface area contributed by atoms with Gasteiger partial charge in [-0.3, -0.25) is 9.59 Å². The minimum atomic E-state index is -4.69. The van der Waals surface area contributed by atoms with E-state index in [-0.39, 0.29) is 40.2 Å². The Kier molecular flexibility index (Phi) is 7.11. The number of nitrogens with two attached hydrogens (primary N) is 1. The summed E-state index contributed by atoms with van der Waals surface area (Å²) in [6.07, 6.45) is -1.24. The van der Waals surface area contributed by atoms with Crippen LogP contribution in [0.1, 0.15) is 30.7 Å². The summed E-state index contributed by atoms with van der Waals surface area (Å²) in [5, 5.41) is 4.71. The highest BCUT2D eigenvalue weighted by Crippen LogP contribution is 2.35. The SMILES string of the molecule is Nc1ncnc(C(=O)NCCc2ncc(C(=O)Nc3cc(C(F)(F)F)c(Cl)cn3)s2)c1Cl. The van der Waals surface area contributed by atoms with Gasteiger partial charge < -0.3 is 16.4 Å². The van der Waals surface area contributed by atoms with Crippen LogP contribution >= 0.6 is 34.5 Å². The number of carbonyl (C=O) groups is 2. The zero-order valence-electron chi connectivity index (χ0n) is 15.7. The topological polar surface area (TPSA) is 136 Å². The highest BCUT2D eigenvalue weighted by atomic mass is 35.5. The monoisotopic (exact) mass is 505 g/mol. The predicted octanol–water partition coefficient (Wildman–Crippen LogP) is 3.46. The van der Waals surface area contributed by atoms with Crippen molar-refractivity contribution < 1.29 is 22.8 Å². The fourth-order valence-corrected chi connectivity index (χ4v) is 3.55. The molecule has 0 atom stereocenters. The number of nitrogen functional groups attached to an aromatic ring is 1. The lowest BCUT2D eigenvalue weighted by atomic mass is 10.2. The number of hydrogen-bond acceptors (Lipinski definition) is 8. The zero-order chi connectivity index (χ0) is 23.5. The zero-order valence-corrected chi connectivity index (χ0v) is 18.0. The maximum absolute atomic E-state index is 12.9. The Morgan fingerprint density at radius 2 is 1.84 bits per heavy atom. The molecule has 0 fully saturated rings. The quantitative estimate of drug-likeness (QED) is 0.466. The normalized spacial score (nSPS) is 11.3. The maximum Gasteiger partial charge on any atom is 0.418 e. The van der Waals surface area contributed by atoms with Crippen molar-refractivity contribution in [2.75, 3.05) is 17.6 Å². The summed E-state index contributed by atoms with van der Waals surface area (Å²) < 4.78 is 38.8. The van der Waals surface area contributed by atoms with Crippen LogP contribution in [0.5, 0.6) is 0 Å². The molecule has 3 aromatic rings. The molecule has 0 bridgehead atoms. The molecule has 3 aromatic heterocycles. The lowest BCUT2D eigenvalue weighted by molar-refractivity contribution is -0.137. The number of amides is 2. The van der Waals surface area contributed by atoms with Crippen LogP contribution in [-0.4, -0.2) is 38.3 Å². The first-order chi connectivity index (χ1) is 15.1. The van der Waals surface area contributed by atoms with Gasteiger partial charge in [0, 0.05) is 19.2 Å². The van der Waals surface area contributed by atoms with Gasteiger partial charge in [0.1, 0.15) is 27.9 Å². The Labute approximate surface area is 192 Å². The van der Waals surface area contributed by atoms with Gasteiger partial charge >= 0.3 is 6.18 Å². The second kappa shape index (κ2) is 9.63. The van der Waals surface area contributed by atoms with E-state index in [2.05, 4.69) is 30.6 Å². The Hall–Kier alpha value is -3.03. The first kappa shape index (κ1) is 23.6. The maximum atomic E-state index is 12.9. The van der Waals surface area contributed by atoms with E-state index in [1.54, 1.807) is 0 Å². The van der Waals surface area contributed by atoms with E-state index in [9.17, 15) is 22.8 Å². The fraction of sp³-hybridized carbons (Fsp3) is 0.176. The van der Waals surface area contributed by atoms with Crippen molar-refractivity contribution in [3.8, 4) is 0 Å². The molecular formula is C17H12Cl2F3N7O2S. The van der Waals surface area contributed by atoms with Gasteiger partial charge in [-0.2, -0.15) is 13.2 Å². The number of hydrogen-bond donors (Lipinski definition) is 3. The summed E-state index contributed by atoms with van der Waals surface area (Å²) in [4.78, 5) is 39.8. The van der Waals surface area contributed by atoms with Gasteiger partial charge in [0.15, 0.2) is 5.69 Å². The van der Waals surface area contributed by atoms with E-state index < -0.39 is 28.6 Å². The smallest absolute Gasteiger partial charge is 0.382 e. The van der Waals surface area contributed by atoms with E-state index >= 15 is 0 Å². The van der Waals surface area contributed by atoms with Gasteiger partial charge in [0.2, 0.25) is 0 Å². The van der Waals surface area contributed by atoms with Crippen molar-refractivity contribution >= 4 is 58.0 Å². The number of nitrogens with zero attached hydrogens (tertiary/aromatic N) is 4. The molecule has 168 valence electrons. The van der Waals surface area contributed by atoms with Crippen LogP contribution in [0.4, 0.5) is 24.8 Å². The van der Waals surface area contributed by atoms with Crippen LogP contribution in [0.2, 0.25) is 10.0 Å². The summed E-state index contributed by atoms with van der Waals surface area (Å²) in [5.74, 6) is -1.59. The van der Waals surface area contributed by atoms with E-state index in [1.807, 2.05) is 0 Å². The summed E-state index contributed by atoms with van der Waals surface area (Å²) in [5.41, 5.74) is 4.33. The molecule has 0 unspecified atom stereocenters. The lowest BCUT2D eigenvalue weighted by Gasteiger charge is -2.10. The minimum absolute atomic E-state index is 0.0278. The number of alkyl halides is 3. The van der Waals surface area contributed by atoms with Crippen molar-refractivity contribution in [3.05, 3.63) is 56.0 Å². The third kappa shape index (κ3) is 5.60.